The molecule has 0 amide bonds. The van der Waals surface area contributed by atoms with Crippen molar-refractivity contribution < 1.29 is 5.11 Å². The van der Waals surface area contributed by atoms with Crippen LogP contribution in [-0.2, 0) is 19.4 Å². The lowest BCUT2D eigenvalue weighted by molar-refractivity contribution is 0.141. The number of hydrogen-bond acceptors (Lipinski definition) is 3. The normalized spacial score (nSPS) is 25.5. The van der Waals surface area contributed by atoms with Crippen LogP contribution in [0.15, 0.2) is 6.20 Å². The summed E-state index contributed by atoms with van der Waals surface area (Å²) in [5.41, 5.74) is 1.24. The number of imidazole rings is 1. The van der Waals surface area contributed by atoms with E-state index in [2.05, 4.69) is 22.6 Å². The van der Waals surface area contributed by atoms with Crippen LogP contribution in [0.4, 0.5) is 0 Å². The van der Waals surface area contributed by atoms with Gasteiger partial charge in [0, 0.05) is 19.2 Å². The standard InChI is InChI=1S/C15H25N3O/c1-2-17-6-3-12(4-7-17)9-13-11-18-8-5-14(19)10-15(18)16-13/h11-12,14,19H,2-10H2,1H3. The monoisotopic (exact) mass is 263 g/mol. The van der Waals surface area contributed by atoms with E-state index in [1.165, 1.54) is 38.2 Å². The largest absolute Gasteiger partial charge is 0.393 e. The van der Waals surface area contributed by atoms with Crippen LogP contribution < -0.4 is 0 Å². The van der Waals surface area contributed by atoms with Gasteiger partial charge in [0.05, 0.1) is 11.8 Å². The number of nitrogens with zero attached hydrogens (tertiary/aromatic N) is 3. The van der Waals surface area contributed by atoms with Gasteiger partial charge in [-0.25, -0.2) is 4.98 Å². The van der Waals surface area contributed by atoms with Crippen molar-refractivity contribution in [3.05, 3.63) is 17.7 Å². The van der Waals surface area contributed by atoms with Crippen molar-refractivity contribution in [1.29, 1.82) is 0 Å². The van der Waals surface area contributed by atoms with Gasteiger partial charge in [0.15, 0.2) is 0 Å². The number of hydrogen-bond donors (Lipinski definition) is 1. The molecule has 1 aromatic rings. The quantitative estimate of drug-likeness (QED) is 0.898. The van der Waals surface area contributed by atoms with Gasteiger partial charge in [-0.3, -0.25) is 0 Å². The second kappa shape index (κ2) is 5.63. The van der Waals surface area contributed by atoms with Crippen LogP contribution in [0.1, 0.15) is 37.7 Å². The predicted molar refractivity (Wildman–Crippen MR) is 75.1 cm³/mol. The third kappa shape index (κ3) is 3.00. The van der Waals surface area contributed by atoms with Crippen molar-refractivity contribution in [2.24, 2.45) is 5.92 Å². The molecule has 106 valence electrons. The fourth-order valence-electron chi connectivity index (χ4n) is 3.37. The lowest BCUT2D eigenvalue weighted by Crippen LogP contribution is -2.34. The fourth-order valence-corrected chi connectivity index (χ4v) is 3.37. The second-order valence-electron chi connectivity index (χ2n) is 6.07. The predicted octanol–water partition coefficient (Wildman–Crippen LogP) is 1.46. The molecule has 0 aliphatic carbocycles. The maximum Gasteiger partial charge on any atom is 0.111 e. The van der Waals surface area contributed by atoms with Gasteiger partial charge in [-0.05, 0) is 51.2 Å². The summed E-state index contributed by atoms with van der Waals surface area (Å²) >= 11 is 0. The molecule has 1 N–H and O–H groups in total. The van der Waals surface area contributed by atoms with Gasteiger partial charge < -0.3 is 14.6 Å². The third-order valence-electron chi connectivity index (χ3n) is 4.68. The Hall–Kier alpha value is -0.870. The molecule has 4 nitrogen and oxygen atoms in total. The molecule has 1 aromatic heterocycles. The zero-order valence-corrected chi connectivity index (χ0v) is 11.9. The first kappa shape index (κ1) is 13.1. The summed E-state index contributed by atoms with van der Waals surface area (Å²) in [5, 5.41) is 9.68. The topological polar surface area (TPSA) is 41.3 Å². The van der Waals surface area contributed by atoms with Gasteiger partial charge in [0.25, 0.3) is 0 Å². The van der Waals surface area contributed by atoms with Crippen molar-refractivity contribution in [2.75, 3.05) is 19.6 Å². The first-order valence-electron chi connectivity index (χ1n) is 7.70. The van der Waals surface area contributed by atoms with Crippen LogP contribution in [0, 0.1) is 5.92 Å². The number of fused-ring (bicyclic) bond motifs is 1. The van der Waals surface area contributed by atoms with Crippen molar-refractivity contribution in [1.82, 2.24) is 14.5 Å². The van der Waals surface area contributed by atoms with Crippen LogP contribution in [0.5, 0.6) is 0 Å². The highest BCUT2D eigenvalue weighted by atomic mass is 16.3. The van der Waals surface area contributed by atoms with Crippen LogP contribution in [0.3, 0.4) is 0 Å². The molecular weight excluding hydrogens is 238 g/mol. The number of aliphatic hydroxyl groups is 1. The Kier molecular flexibility index (Phi) is 3.89. The van der Waals surface area contributed by atoms with Crippen LogP contribution in [0.2, 0.25) is 0 Å². The van der Waals surface area contributed by atoms with Gasteiger partial charge in [-0.1, -0.05) is 6.92 Å². The summed E-state index contributed by atoms with van der Waals surface area (Å²) in [7, 11) is 0. The Morgan fingerprint density at radius 1 is 1.26 bits per heavy atom. The van der Waals surface area contributed by atoms with Gasteiger partial charge in [0.2, 0.25) is 0 Å². The van der Waals surface area contributed by atoms with Gasteiger partial charge >= 0.3 is 0 Å². The number of piperidine rings is 1. The SMILES string of the molecule is CCN1CCC(Cc2cn3c(n2)CC(O)CC3)CC1. The maximum absolute atomic E-state index is 9.68. The Balaban J connectivity index is 1.59. The molecule has 1 unspecified atom stereocenters. The van der Waals surface area contributed by atoms with Gasteiger partial charge in [-0.15, -0.1) is 0 Å². The summed E-state index contributed by atoms with van der Waals surface area (Å²) in [6.07, 6.45) is 7.36. The van der Waals surface area contributed by atoms with Gasteiger partial charge in [0.1, 0.15) is 5.82 Å². The number of rotatable bonds is 3. The summed E-state index contributed by atoms with van der Waals surface area (Å²) in [5.74, 6) is 1.88. The lowest BCUT2D eigenvalue weighted by Gasteiger charge is -2.30. The third-order valence-corrected chi connectivity index (χ3v) is 4.68. The average Bonchev–Trinajstić information content (AvgIpc) is 2.81. The second-order valence-corrected chi connectivity index (χ2v) is 6.07. The summed E-state index contributed by atoms with van der Waals surface area (Å²) < 4.78 is 2.24. The van der Waals surface area contributed by atoms with Crippen LogP contribution >= 0.6 is 0 Å². The van der Waals surface area contributed by atoms with Crippen molar-refractivity contribution in [2.45, 2.75) is 51.7 Å². The molecule has 0 saturated carbocycles. The fraction of sp³-hybridized carbons (Fsp3) is 0.800. The number of aryl methyl sites for hydroxylation is 1. The molecule has 0 aromatic carbocycles. The number of aliphatic hydroxyl groups excluding tert-OH is 1. The summed E-state index contributed by atoms with van der Waals surface area (Å²) in [6, 6.07) is 0. The van der Waals surface area contributed by atoms with E-state index in [0.717, 1.165) is 37.5 Å². The van der Waals surface area contributed by atoms with Crippen molar-refractivity contribution >= 4 is 0 Å². The molecule has 1 atom stereocenters. The molecule has 3 heterocycles. The highest BCUT2D eigenvalue weighted by Crippen LogP contribution is 2.23. The molecule has 2 aliphatic rings. The van der Waals surface area contributed by atoms with E-state index in [1.807, 2.05) is 0 Å². The zero-order valence-electron chi connectivity index (χ0n) is 11.9. The zero-order chi connectivity index (χ0) is 13.2. The molecule has 1 saturated heterocycles. The van der Waals surface area contributed by atoms with E-state index in [1.54, 1.807) is 0 Å². The minimum absolute atomic E-state index is 0.185. The minimum atomic E-state index is -0.185. The Morgan fingerprint density at radius 2 is 2.05 bits per heavy atom. The Bertz CT molecular complexity index is 421. The van der Waals surface area contributed by atoms with Gasteiger partial charge in [-0.2, -0.15) is 0 Å². The first-order chi connectivity index (χ1) is 9.24. The molecule has 1 fully saturated rings. The molecule has 19 heavy (non-hydrogen) atoms. The van der Waals surface area contributed by atoms with E-state index in [9.17, 15) is 5.11 Å². The Morgan fingerprint density at radius 3 is 2.79 bits per heavy atom. The highest BCUT2D eigenvalue weighted by molar-refractivity contribution is 5.08. The van der Waals surface area contributed by atoms with E-state index < -0.39 is 0 Å². The van der Waals surface area contributed by atoms with E-state index >= 15 is 0 Å². The molecule has 0 spiro atoms. The smallest absolute Gasteiger partial charge is 0.111 e. The molecule has 4 heteroatoms. The van der Waals surface area contributed by atoms with Crippen molar-refractivity contribution in [3.8, 4) is 0 Å². The molecule has 0 radical (unpaired) electrons. The molecule has 2 aliphatic heterocycles. The minimum Gasteiger partial charge on any atom is -0.393 e. The van der Waals surface area contributed by atoms with E-state index in [4.69, 9.17) is 4.98 Å². The van der Waals surface area contributed by atoms with E-state index in [-0.39, 0.29) is 6.10 Å². The average molecular weight is 263 g/mol. The van der Waals surface area contributed by atoms with Crippen molar-refractivity contribution in [3.63, 3.8) is 0 Å². The summed E-state index contributed by atoms with van der Waals surface area (Å²) in [6.45, 7) is 6.84. The molecule has 3 rings (SSSR count). The lowest BCUT2D eigenvalue weighted by atomic mass is 9.92. The summed E-state index contributed by atoms with van der Waals surface area (Å²) in [4.78, 5) is 7.26. The van der Waals surface area contributed by atoms with Crippen LogP contribution in [-0.4, -0.2) is 45.3 Å². The highest BCUT2D eigenvalue weighted by Gasteiger charge is 2.22. The first-order valence-corrected chi connectivity index (χ1v) is 7.70. The van der Waals surface area contributed by atoms with Crippen LogP contribution in [0.25, 0.3) is 0 Å². The van der Waals surface area contributed by atoms with E-state index in [0.29, 0.717) is 0 Å². The molecule has 0 bridgehead atoms. The molecular formula is C15H25N3O. The number of likely N-dealkylation sites (tertiary alicyclic amines) is 1. The number of aromatic nitrogens is 2. The maximum atomic E-state index is 9.68. The Labute approximate surface area is 115 Å².